The summed E-state index contributed by atoms with van der Waals surface area (Å²) in [4.78, 5) is 21.7. The Hall–Kier alpha value is -2.35. The van der Waals surface area contributed by atoms with Gasteiger partial charge in [0.2, 0.25) is 0 Å². The molecule has 136 valence electrons. The van der Waals surface area contributed by atoms with Gasteiger partial charge in [-0.05, 0) is 26.8 Å². The average molecular weight is 364 g/mol. The van der Waals surface area contributed by atoms with Gasteiger partial charge >= 0.3 is 5.97 Å². The summed E-state index contributed by atoms with van der Waals surface area (Å²) in [7, 11) is 1.35. The molecular weight excluding hydrogens is 340 g/mol. The molecule has 0 aliphatic rings. The first-order valence-electron chi connectivity index (χ1n) is 8.14. The maximum Gasteiger partial charge on any atom is 0.341 e. The average Bonchev–Trinajstić information content (AvgIpc) is 3.17. The highest BCUT2D eigenvalue weighted by Crippen LogP contribution is 2.16. The van der Waals surface area contributed by atoms with Crippen LogP contribution in [0.25, 0.3) is 0 Å². The fraction of sp³-hybridized carbons (Fsp3) is 0.471. The summed E-state index contributed by atoms with van der Waals surface area (Å²) in [6.45, 7) is 7.63. The van der Waals surface area contributed by atoms with Gasteiger partial charge in [0.1, 0.15) is 23.6 Å². The summed E-state index contributed by atoms with van der Waals surface area (Å²) in [5.74, 6) is 1.45. The van der Waals surface area contributed by atoms with Gasteiger partial charge < -0.3 is 19.8 Å². The van der Waals surface area contributed by atoms with Gasteiger partial charge in [-0.3, -0.25) is 0 Å². The van der Waals surface area contributed by atoms with Gasteiger partial charge in [-0.2, -0.15) is 0 Å². The van der Waals surface area contributed by atoms with E-state index in [0.29, 0.717) is 29.6 Å². The molecule has 0 amide bonds. The molecule has 2 heterocycles. The monoisotopic (exact) mass is 364 g/mol. The van der Waals surface area contributed by atoms with Crippen molar-refractivity contribution in [3.63, 3.8) is 0 Å². The molecule has 0 atom stereocenters. The van der Waals surface area contributed by atoms with E-state index >= 15 is 0 Å². The van der Waals surface area contributed by atoms with Crippen LogP contribution in [0.4, 0.5) is 0 Å². The van der Waals surface area contributed by atoms with Crippen molar-refractivity contribution < 1.29 is 13.9 Å². The third-order valence-corrected chi connectivity index (χ3v) is 4.38. The van der Waals surface area contributed by atoms with Crippen LogP contribution in [0, 0.1) is 13.8 Å². The maximum atomic E-state index is 11.6. The molecule has 0 aromatic carbocycles. The highest BCUT2D eigenvalue weighted by atomic mass is 32.1. The largest absolute Gasteiger partial charge is 0.465 e. The molecule has 2 rings (SSSR count). The summed E-state index contributed by atoms with van der Waals surface area (Å²) in [5.41, 5.74) is 0.435. The Morgan fingerprint density at radius 1 is 1.40 bits per heavy atom. The van der Waals surface area contributed by atoms with Crippen molar-refractivity contribution >= 4 is 23.3 Å². The van der Waals surface area contributed by atoms with Gasteiger partial charge in [0, 0.05) is 30.6 Å². The Bertz CT molecular complexity index is 736. The van der Waals surface area contributed by atoms with E-state index < -0.39 is 5.97 Å². The van der Waals surface area contributed by atoms with E-state index in [1.54, 1.807) is 24.3 Å². The van der Waals surface area contributed by atoms with Crippen molar-refractivity contribution in [2.45, 2.75) is 33.7 Å². The van der Waals surface area contributed by atoms with Crippen LogP contribution in [0.5, 0.6) is 0 Å². The van der Waals surface area contributed by atoms with Crippen molar-refractivity contribution in [2.24, 2.45) is 4.99 Å². The number of hydrogen-bond acceptors (Lipinski definition) is 6. The number of methoxy groups -OCH3 is 1. The van der Waals surface area contributed by atoms with Crippen LogP contribution < -0.4 is 10.6 Å². The summed E-state index contributed by atoms with van der Waals surface area (Å²) in [6.07, 6.45) is 2.73. The van der Waals surface area contributed by atoms with Gasteiger partial charge in [-0.25, -0.2) is 14.8 Å². The molecule has 0 saturated heterocycles. The number of nitrogens with one attached hydrogen (secondary N) is 2. The van der Waals surface area contributed by atoms with E-state index in [9.17, 15) is 4.79 Å². The zero-order valence-corrected chi connectivity index (χ0v) is 15.8. The molecule has 8 heteroatoms. The number of hydrogen-bond donors (Lipinski definition) is 2. The number of aromatic nitrogens is 1. The number of ether oxygens (including phenoxy) is 1. The third-order valence-electron chi connectivity index (χ3n) is 3.41. The number of aryl methyl sites for hydroxylation is 2. The molecule has 0 fully saturated rings. The second kappa shape index (κ2) is 9.22. The molecule has 0 aliphatic carbocycles. The first-order valence-corrected chi connectivity index (χ1v) is 8.96. The molecule has 0 saturated carbocycles. The van der Waals surface area contributed by atoms with Gasteiger partial charge in [-0.1, -0.05) is 0 Å². The number of nitrogens with zero attached hydrogens (tertiary/aromatic N) is 2. The molecule has 0 aliphatic heterocycles. The molecule has 2 N–H and O–H groups in total. The molecule has 0 spiro atoms. The molecule has 2 aromatic heterocycles. The number of esters is 1. The highest BCUT2D eigenvalue weighted by Gasteiger charge is 2.15. The lowest BCUT2D eigenvalue weighted by Crippen LogP contribution is -2.38. The van der Waals surface area contributed by atoms with E-state index in [1.165, 1.54) is 12.0 Å². The number of carbonyl (C=O) groups is 1. The Labute approximate surface area is 151 Å². The first-order chi connectivity index (χ1) is 12.0. The van der Waals surface area contributed by atoms with Crippen LogP contribution in [0.3, 0.4) is 0 Å². The molecule has 0 unspecified atom stereocenters. The van der Waals surface area contributed by atoms with Crippen LogP contribution in [-0.2, 0) is 17.7 Å². The maximum absolute atomic E-state index is 11.6. The van der Waals surface area contributed by atoms with E-state index in [-0.39, 0.29) is 0 Å². The van der Waals surface area contributed by atoms with Crippen LogP contribution in [0.1, 0.15) is 38.7 Å². The smallest absolute Gasteiger partial charge is 0.341 e. The van der Waals surface area contributed by atoms with Crippen LogP contribution in [0.15, 0.2) is 21.7 Å². The number of furan rings is 1. The zero-order valence-electron chi connectivity index (χ0n) is 15.0. The zero-order chi connectivity index (χ0) is 18.2. The van der Waals surface area contributed by atoms with Crippen molar-refractivity contribution in [3.8, 4) is 0 Å². The predicted molar refractivity (Wildman–Crippen MR) is 98.2 cm³/mol. The van der Waals surface area contributed by atoms with Gasteiger partial charge in [-0.15, -0.1) is 11.3 Å². The first kappa shape index (κ1) is 19.0. The summed E-state index contributed by atoms with van der Waals surface area (Å²) in [5, 5.41) is 7.57. The topological polar surface area (TPSA) is 88.8 Å². The SMILES string of the molecule is CCNC(=NCc1cc(C(=O)OC)c(C)o1)NCCc1ncc(C)s1. The lowest BCUT2D eigenvalue weighted by molar-refractivity contribution is 0.0599. The molecule has 0 bridgehead atoms. The lowest BCUT2D eigenvalue weighted by Gasteiger charge is -2.10. The van der Waals surface area contributed by atoms with Gasteiger partial charge in [0.25, 0.3) is 0 Å². The minimum atomic E-state index is -0.403. The third kappa shape index (κ3) is 5.60. The quantitative estimate of drug-likeness (QED) is 0.446. The Kier molecular flexibility index (Phi) is 7.00. The van der Waals surface area contributed by atoms with Crippen LogP contribution in [0.2, 0.25) is 0 Å². The number of guanidine groups is 1. The Morgan fingerprint density at radius 3 is 2.84 bits per heavy atom. The fourth-order valence-electron chi connectivity index (χ4n) is 2.24. The second-order valence-corrected chi connectivity index (χ2v) is 6.73. The minimum absolute atomic E-state index is 0.337. The van der Waals surface area contributed by atoms with Gasteiger partial charge in [0.15, 0.2) is 5.96 Å². The molecule has 25 heavy (non-hydrogen) atoms. The molecular formula is C17H24N4O3S. The van der Waals surface area contributed by atoms with Crippen molar-refractivity contribution in [1.82, 2.24) is 15.6 Å². The van der Waals surface area contributed by atoms with E-state index in [4.69, 9.17) is 9.15 Å². The highest BCUT2D eigenvalue weighted by molar-refractivity contribution is 7.11. The van der Waals surface area contributed by atoms with E-state index in [1.807, 2.05) is 20.0 Å². The molecule has 0 radical (unpaired) electrons. The number of aliphatic imine (C=N–C) groups is 1. The van der Waals surface area contributed by atoms with Gasteiger partial charge in [0.05, 0.1) is 12.1 Å². The van der Waals surface area contributed by atoms with E-state index in [2.05, 4.69) is 20.6 Å². The Balaban J connectivity index is 1.93. The number of carbonyl (C=O) groups excluding carboxylic acids is 1. The molecule has 2 aromatic rings. The van der Waals surface area contributed by atoms with Crippen LogP contribution >= 0.6 is 11.3 Å². The van der Waals surface area contributed by atoms with Crippen molar-refractivity contribution in [1.29, 1.82) is 0 Å². The number of thiazole rings is 1. The second-order valence-electron chi connectivity index (χ2n) is 5.41. The minimum Gasteiger partial charge on any atom is -0.465 e. The molecule has 7 nitrogen and oxygen atoms in total. The Morgan fingerprint density at radius 2 is 2.20 bits per heavy atom. The van der Waals surface area contributed by atoms with Crippen molar-refractivity contribution in [3.05, 3.63) is 39.2 Å². The van der Waals surface area contributed by atoms with Crippen LogP contribution in [-0.4, -0.2) is 37.1 Å². The standard InChI is InChI=1S/C17H24N4O3S/c1-5-18-17(19-7-6-15-20-9-11(2)25-15)21-10-13-8-14(12(3)24-13)16(22)23-4/h8-9H,5-7,10H2,1-4H3,(H2,18,19,21). The van der Waals surface area contributed by atoms with Crippen molar-refractivity contribution in [2.75, 3.05) is 20.2 Å². The lowest BCUT2D eigenvalue weighted by atomic mass is 10.2. The number of rotatable bonds is 7. The predicted octanol–water partition coefficient (Wildman–Crippen LogP) is 2.44. The summed E-state index contributed by atoms with van der Waals surface area (Å²) >= 11 is 1.70. The van der Waals surface area contributed by atoms with E-state index in [0.717, 1.165) is 24.5 Å². The normalized spacial score (nSPS) is 11.4. The summed E-state index contributed by atoms with van der Waals surface area (Å²) < 4.78 is 10.3. The summed E-state index contributed by atoms with van der Waals surface area (Å²) in [6, 6.07) is 1.67. The fourth-order valence-corrected chi connectivity index (χ4v) is 3.02.